The molecular formula is C20H17BrClNO2S2. The molecule has 0 aliphatic carbocycles. The number of para-hydroxylation sites is 1. The van der Waals surface area contributed by atoms with Gasteiger partial charge >= 0.3 is 0 Å². The summed E-state index contributed by atoms with van der Waals surface area (Å²) >= 11 is 16.2. The summed E-state index contributed by atoms with van der Waals surface area (Å²) in [5.74, 6) is 0.588. The minimum Gasteiger partial charge on any atom is -0.490 e. The second-order valence-electron chi connectivity index (χ2n) is 5.99. The van der Waals surface area contributed by atoms with E-state index in [-0.39, 0.29) is 12.0 Å². The number of hydrogen-bond donors (Lipinski definition) is 0. The summed E-state index contributed by atoms with van der Waals surface area (Å²) < 4.78 is 7.22. The van der Waals surface area contributed by atoms with Crippen LogP contribution in [0, 0.1) is 0 Å². The number of carbonyl (C=O) groups excluding carboxylic acids is 1. The maximum atomic E-state index is 13.0. The van der Waals surface area contributed by atoms with Crippen molar-refractivity contribution in [3.05, 3.63) is 62.4 Å². The summed E-state index contributed by atoms with van der Waals surface area (Å²) in [5.41, 5.74) is 1.50. The van der Waals surface area contributed by atoms with Gasteiger partial charge in [-0.2, -0.15) is 0 Å². The Labute approximate surface area is 181 Å². The molecule has 1 amide bonds. The Kier molecular flexibility index (Phi) is 6.63. The molecule has 0 bridgehead atoms. The zero-order valence-corrected chi connectivity index (χ0v) is 18.7. The van der Waals surface area contributed by atoms with Crippen LogP contribution in [0.4, 0.5) is 5.69 Å². The molecule has 0 unspecified atom stereocenters. The molecule has 0 saturated carbocycles. The number of thiocarbonyl (C=S) groups is 1. The summed E-state index contributed by atoms with van der Waals surface area (Å²) in [7, 11) is 0. The summed E-state index contributed by atoms with van der Waals surface area (Å²) in [5, 5.41) is 0.526. The predicted molar refractivity (Wildman–Crippen MR) is 122 cm³/mol. The molecule has 7 heteroatoms. The van der Waals surface area contributed by atoms with Crippen molar-refractivity contribution in [1.82, 2.24) is 0 Å². The fraction of sp³-hybridized carbons (Fsp3) is 0.200. The number of nitrogens with zero attached hydrogens (tertiary/aromatic N) is 1. The summed E-state index contributed by atoms with van der Waals surface area (Å²) in [6, 6.07) is 13.0. The monoisotopic (exact) mass is 481 g/mol. The van der Waals surface area contributed by atoms with Crippen LogP contribution in [0.3, 0.4) is 0 Å². The van der Waals surface area contributed by atoms with Crippen molar-refractivity contribution in [3.63, 3.8) is 0 Å². The highest BCUT2D eigenvalue weighted by Gasteiger charge is 2.33. The molecule has 0 radical (unpaired) electrons. The van der Waals surface area contributed by atoms with Crippen molar-refractivity contribution >= 4 is 73.5 Å². The van der Waals surface area contributed by atoms with E-state index in [1.165, 1.54) is 16.7 Å². The lowest BCUT2D eigenvalue weighted by atomic mass is 10.1. The van der Waals surface area contributed by atoms with Crippen molar-refractivity contribution in [2.45, 2.75) is 26.4 Å². The van der Waals surface area contributed by atoms with Crippen molar-refractivity contribution in [2.75, 3.05) is 4.90 Å². The maximum absolute atomic E-state index is 13.0. The Bertz CT molecular complexity index is 932. The summed E-state index contributed by atoms with van der Waals surface area (Å²) in [6.07, 6.45) is 2.83. The molecule has 1 aliphatic heterocycles. The van der Waals surface area contributed by atoms with E-state index in [9.17, 15) is 4.79 Å². The number of rotatable bonds is 5. The predicted octanol–water partition coefficient (Wildman–Crippen LogP) is 6.69. The molecule has 1 fully saturated rings. The van der Waals surface area contributed by atoms with Crippen molar-refractivity contribution in [3.8, 4) is 5.75 Å². The number of amides is 1. The van der Waals surface area contributed by atoms with E-state index in [2.05, 4.69) is 22.9 Å². The third-order valence-electron chi connectivity index (χ3n) is 4.06. The van der Waals surface area contributed by atoms with Gasteiger partial charge in [0.1, 0.15) is 5.75 Å². The van der Waals surface area contributed by atoms with Crippen LogP contribution in [0.15, 0.2) is 51.8 Å². The van der Waals surface area contributed by atoms with Crippen LogP contribution in [-0.4, -0.2) is 16.3 Å². The first-order valence-electron chi connectivity index (χ1n) is 8.39. The van der Waals surface area contributed by atoms with E-state index in [4.69, 9.17) is 28.6 Å². The zero-order chi connectivity index (χ0) is 19.6. The number of hydrogen-bond acceptors (Lipinski definition) is 4. The first kappa shape index (κ1) is 20.4. The van der Waals surface area contributed by atoms with E-state index in [1.54, 1.807) is 12.1 Å². The molecule has 2 aromatic rings. The fourth-order valence-electron chi connectivity index (χ4n) is 2.46. The zero-order valence-electron chi connectivity index (χ0n) is 14.7. The third kappa shape index (κ3) is 4.57. The van der Waals surface area contributed by atoms with Crippen molar-refractivity contribution in [1.29, 1.82) is 0 Å². The maximum Gasteiger partial charge on any atom is 0.270 e. The molecule has 1 saturated heterocycles. The highest BCUT2D eigenvalue weighted by atomic mass is 79.9. The Morgan fingerprint density at radius 2 is 2.07 bits per heavy atom. The Morgan fingerprint density at radius 3 is 2.78 bits per heavy atom. The SMILES string of the molecule is CC[C@H](C)Oc1ccccc1/C=C1/SC(=S)N(c2ccc(Br)c(Cl)c2)C1=O. The number of ether oxygens (including phenoxy) is 1. The van der Waals surface area contributed by atoms with Crippen molar-refractivity contribution < 1.29 is 9.53 Å². The van der Waals surface area contributed by atoms with Crippen LogP contribution in [0.25, 0.3) is 6.08 Å². The Balaban J connectivity index is 1.92. The minimum atomic E-state index is -0.165. The van der Waals surface area contributed by atoms with Crippen LogP contribution in [-0.2, 0) is 4.79 Å². The van der Waals surface area contributed by atoms with Gasteiger partial charge in [-0.25, -0.2) is 0 Å². The van der Waals surface area contributed by atoms with E-state index in [1.807, 2.05) is 43.3 Å². The van der Waals surface area contributed by atoms with Gasteiger partial charge in [0.25, 0.3) is 5.91 Å². The molecule has 3 nitrogen and oxygen atoms in total. The molecule has 3 rings (SSSR count). The highest BCUT2D eigenvalue weighted by Crippen LogP contribution is 2.38. The molecule has 1 heterocycles. The van der Waals surface area contributed by atoms with Gasteiger partial charge in [0.2, 0.25) is 0 Å². The number of benzene rings is 2. The molecular weight excluding hydrogens is 466 g/mol. The third-order valence-corrected chi connectivity index (χ3v) is 6.60. The molecule has 140 valence electrons. The minimum absolute atomic E-state index is 0.0963. The number of thioether (sulfide) groups is 1. The van der Waals surface area contributed by atoms with Crippen LogP contribution >= 0.6 is 51.5 Å². The topological polar surface area (TPSA) is 29.5 Å². The molecule has 1 aliphatic rings. The number of anilines is 1. The first-order chi connectivity index (χ1) is 12.9. The van der Waals surface area contributed by atoms with Crippen LogP contribution in [0.2, 0.25) is 5.02 Å². The normalized spacial score (nSPS) is 16.9. The lowest BCUT2D eigenvalue weighted by Crippen LogP contribution is -2.27. The Morgan fingerprint density at radius 1 is 1.33 bits per heavy atom. The van der Waals surface area contributed by atoms with Gasteiger partial charge in [-0.15, -0.1) is 0 Å². The number of carbonyl (C=O) groups is 1. The van der Waals surface area contributed by atoms with Gasteiger partial charge in [-0.1, -0.05) is 60.7 Å². The quantitative estimate of drug-likeness (QED) is 0.351. The van der Waals surface area contributed by atoms with E-state index in [0.717, 1.165) is 22.2 Å². The molecule has 27 heavy (non-hydrogen) atoms. The van der Waals surface area contributed by atoms with E-state index < -0.39 is 0 Å². The fourth-order valence-corrected chi connectivity index (χ4v) is 4.17. The molecule has 0 N–H and O–H groups in total. The van der Waals surface area contributed by atoms with Gasteiger partial charge in [0.05, 0.1) is 21.7 Å². The van der Waals surface area contributed by atoms with Gasteiger partial charge in [0.15, 0.2) is 4.32 Å². The van der Waals surface area contributed by atoms with Gasteiger partial charge in [-0.05, 0) is 59.6 Å². The van der Waals surface area contributed by atoms with Gasteiger partial charge < -0.3 is 4.74 Å². The number of halogens is 2. The molecule has 2 aromatic carbocycles. The van der Waals surface area contributed by atoms with E-state index in [0.29, 0.717) is 19.9 Å². The smallest absolute Gasteiger partial charge is 0.270 e. The van der Waals surface area contributed by atoms with Crippen molar-refractivity contribution in [2.24, 2.45) is 0 Å². The average molecular weight is 483 g/mol. The summed E-state index contributed by atoms with van der Waals surface area (Å²) in [4.78, 5) is 15.0. The van der Waals surface area contributed by atoms with Gasteiger partial charge in [-0.3, -0.25) is 9.69 Å². The highest BCUT2D eigenvalue weighted by molar-refractivity contribution is 9.10. The lowest BCUT2D eigenvalue weighted by molar-refractivity contribution is -0.113. The summed E-state index contributed by atoms with van der Waals surface area (Å²) in [6.45, 7) is 4.09. The average Bonchev–Trinajstić information content (AvgIpc) is 2.92. The van der Waals surface area contributed by atoms with E-state index >= 15 is 0 Å². The first-order valence-corrected chi connectivity index (χ1v) is 10.8. The largest absolute Gasteiger partial charge is 0.490 e. The van der Waals surface area contributed by atoms with Crippen LogP contribution in [0.1, 0.15) is 25.8 Å². The molecule has 1 atom stereocenters. The molecule has 0 aromatic heterocycles. The molecule has 0 spiro atoms. The van der Waals surface area contributed by atoms with Crippen LogP contribution in [0.5, 0.6) is 5.75 Å². The second kappa shape index (κ2) is 8.78. The standard InChI is InChI=1S/C20H17BrClNO2S2/c1-3-12(2)25-17-7-5-4-6-13(17)10-18-19(24)23(20(26)27-18)14-8-9-15(21)16(22)11-14/h4-12H,3H2,1-2H3/b18-10+/t12-/m0/s1. The second-order valence-corrected chi connectivity index (χ2v) is 8.93. The van der Waals surface area contributed by atoms with Gasteiger partial charge in [0, 0.05) is 10.0 Å². The lowest BCUT2D eigenvalue weighted by Gasteiger charge is -2.15. The Hall–Kier alpha value is -1.34. The van der Waals surface area contributed by atoms with Crippen LogP contribution < -0.4 is 9.64 Å².